The molecule has 1 aliphatic heterocycles. The number of sulfonamides is 1. The molecule has 0 unspecified atom stereocenters. The second kappa shape index (κ2) is 8.34. The molecule has 1 heterocycles. The van der Waals surface area contributed by atoms with Gasteiger partial charge in [-0.3, -0.25) is 9.10 Å². The van der Waals surface area contributed by atoms with Crippen molar-refractivity contribution in [2.45, 2.75) is 50.1 Å². The lowest BCUT2D eigenvalue weighted by atomic mass is 9.91. The van der Waals surface area contributed by atoms with Crippen LogP contribution in [0, 0.1) is 12.8 Å². The highest BCUT2D eigenvalue weighted by Gasteiger charge is 2.44. The SMILES string of the molecule is Cc1ccc(S(=O)(=O)N(c2ccccc2)[C@@H]2C[C@H](C)N(C(=O)C3CC3)c3ccccc32)cc1. The van der Waals surface area contributed by atoms with E-state index in [9.17, 15) is 13.2 Å². The van der Waals surface area contributed by atoms with Gasteiger partial charge in [-0.25, -0.2) is 8.42 Å². The number of aryl methyl sites for hydroxylation is 1. The number of benzene rings is 3. The lowest BCUT2D eigenvalue weighted by Gasteiger charge is -2.43. The summed E-state index contributed by atoms with van der Waals surface area (Å²) in [6.45, 7) is 3.96. The Labute approximate surface area is 195 Å². The minimum Gasteiger partial charge on any atom is -0.309 e. The summed E-state index contributed by atoms with van der Waals surface area (Å²) in [6, 6.07) is 23.4. The van der Waals surface area contributed by atoms with Crippen LogP contribution in [0.4, 0.5) is 11.4 Å². The molecule has 3 aromatic carbocycles. The summed E-state index contributed by atoms with van der Waals surface area (Å²) in [4.78, 5) is 15.3. The van der Waals surface area contributed by atoms with Crippen LogP contribution in [0.15, 0.2) is 83.8 Å². The van der Waals surface area contributed by atoms with E-state index in [2.05, 4.69) is 0 Å². The molecule has 1 amide bonds. The van der Waals surface area contributed by atoms with Crippen LogP contribution in [0.25, 0.3) is 0 Å². The van der Waals surface area contributed by atoms with Crippen molar-refractivity contribution in [3.63, 3.8) is 0 Å². The van der Waals surface area contributed by atoms with Gasteiger partial charge in [0.2, 0.25) is 5.91 Å². The van der Waals surface area contributed by atoms with E-state index in [1.165, 1.54) is 0 Å². The summed E-state index contributed by atoms with van der Waals surface area (Å²) in [5.74, 6) is 0.250. The van der Waals surface area contributed by atoms with Gasteiger partial charge < -0.3 is 4.90 Å². The van der Waals surface area contributed by atoms with E-state index in [1.54, 1.807) is 16.4 Å². The molecule has 33 heavy (non-hydrogen) atoms. The van der Waals surface area contributed by atoms with Gasteiger partial charge in [-0.2, -0.15) is 0 Å². The predicted molar refractivity (Wildman–Crippen MR) is 131 cm³/mol. The van der Waals surface area contributed by atoms with Crippen LogP contribution in [0.2, 0.25) is 0 Å². The Morgan fingerprint density at radius 3 is 2.21 bits per heavy atom. The third-order valence-electron chi connectivity index (χ3n) is 6.60. The average Bonchev–Trinajstić information content (AvgIpc) is 3.65. The fourth-order valence-corrected chi connectivity index (χ4v) is 6.39. The first-order valence-electron chi connectivity index (χ1n) is 11.5. The largest absolute Gasteiger partial charge is 0.309 e. The third kappa shape index (κ3) is 3.93. The van der Waals surface area contributed by atoms with Gasteiger partial charge in [0, 0.05) is 17.6 Å². The predicted octanol–water partition coefficient (Wildman–Crippen LogP) is 5.47. The van der Waals surface area contributed by atoms with Crippen molar-refractivity contribution in [2.24, 2.45) is 5.92 Å². The number of amides is 1. The minimum absolute atomic E-state index is 0.0959. The molecule has 3 aromatic rings. The molecule has 5 nitrogen and oxygen atoms in total. The Morgan fingerprint density at radius 1 is 0.909 bits per heavy atom. The smallest absolute Gasteiger partial charge is 0.264 e. The molecule has 0 bridgehead atoms. The maximum atomic E-state index is 14.0. The summed E-state index contributed by atoms with van der Waals surface area (Å²) in [7, 11) is -3.85. The zero-order chi connectivity index (χ0) is 23.2. The third-order valence-corrected chi connectivity index (χ3v) is 8.45. The molecule has 6 heteroatoms. The number of para-hydroxylation sites is 2. The molecule has 0 radical (unpaired) electrons. The molecule has 5 rings (SSSR count). The molecule has 170 valence electrons. The Morgan fingerprint density at radius 2 is 1.55 bits per heavy atom. The molecule has 2 atom stereocenters. The van der Waals surface area contributed by atoms with E-state index in [0.717, 1.165) is 29.7 Å². The standard InChI is InChI=1S/C27H28N2O3S/c1-19-12-16-23(17-13-19)33(31,32)29(22-8-4-3-5-9-22)26-18-20(2)28(27(30)21-14-15-21)25-11-7-6-10-24(25)26/h3-13,16-17,20-21,26H,14-15,18H2,1-2H3/t20-,26+/m0/s1. The van der Waals surface area contributed by atoms with Gasteiger partial charge in [0.05, 0.1) is 16.6 Å². The van der Waals surface area contributed by atoms with E-state index in [-0.39, 0.29) is 22.8 Å². The second-order valence-corrected chi connectivity index (χ2v) is 10.9. The first kappa shape index (κ1) is 21.7. The van der Waals surface area contributed by atoms with Crippen molar-refractivity contribution in [1.82, 2.24) is 0 Å². The lowest BCUT2D eigenvalue weighted by Crippen LogP contribution is -2.48. The quantitative estimate of drug-likeness (QED) is 0.508. The van der Waals surface area contributed by atoms with Crippen LogP contribution in [-0.2, 0) is 14.8 Å². The van der Waals surface area contributed by atoms with Crippen molar-refractivity contribution in [3.8, 4) is 0 Å². The zero-order valence-electron chi connectivity index (χ0n) is 18.9. The summed E-state index contributed by atoms with van der Waals surface area (Å²) < 4.78 is 29.6. The normalized spacial score (nSPS) is 20.2. The van der Waals surface area contributed by atoms with Crippen LogP contribution < -0.4 is 9.21 Å². The van der Waals surface area contributed by atoms with Crippen LogP contribution >= 0.6 is 0 Å². The first-order chi connectivity index (χ1) is 15.9. The van der Waals surface area contributed by atoms with Crippen LogP contribution in [-0.4, -0.2) is 20.4 Å². The van der Waals surface area contributed by atoms with E-state index in [4.69, 9.17) is 0 Å². The highest BCUT2D eigenvalue weighted by atomic mass is 32.2. The Bertz CT molecular complexity index is 1270. The number of nitrogens with zero attached hydrogens (tertiary/aromatic N) is 2. The Balaban J connectivity index is 1.66. The van der Waals surface area contributed by atoms with Gasteiger partial charge in [0.1, 0.15) is 0 Å². The number of anilines is 2. The fraction of sp³-hybridized carbons (Fsp3) is 0.296. The Kier molecular flexibility index (Phi) is 5.49. The molecular weight excluding hydrogens is 432 g/mol. The van der Waals surface area contributed by atoms with Gasteiger partial charge in [-0.1, -0.05) is 54.1 Å². The van der Waals surface area contributed by atoms with E-state index < -0.39 is 16.1 Å². The van der Waals surface area contributed by atoms with E-state index in [1.807, 2.05) is 85.5 Å². The number of hydrogen-bond acceptors (Lipinski definition) is 3. The van der Waals surface area contributed by atoms with Crippen LogP contribution in [0.3, 0.4) is 0 Å². The molecule has 0 saturated heterocycles. The van der Waals surface area contributed by atoms with Crippen LogP contribution in [0.5, 0.6) is 0 Å². The van der Waals surface area contributed by atoms with Crippen LogP contribution in [0.1, 0.15) is 43.4 Å². The van der Waals surface area contributed by atoms with Gasteiger partial charge >= 0.3 is 0 Å². The van der Waals surface area contributed by atoms with Gasteiger partial charge in [-0.15, -0.1) is 0 Å². The number of carbonyl (C=O) groups excluding carboxylic acids is 1. The molecule has 1 saturated carbocycles. The molecular formula is C27H28N2O3S. The highest BCUT2D eigenvalue weighted by Crippen LogP contribution is 2.46. The maximum absolute atomic E-state index is 14.0. The van der Waals surface area contributed by atoms with Crippen molar-refractivity contribution in [1.29, 1.82) is 0 Å². The molecule has 0 N–H and O–H groups in total. The monoisotopic (exact) mass is 460 g/mol. The second-order valence-electron chi connectivity index (χ2n) is 9.09. The van der Waals surface area contributed by atoms with Crippen molar-refractivity contribution >= 4 is 27.3 Å². The molecule has 1 aliphatic carbocycles. The Hall–Kier alpha value is -3.12. The molecule has 2 aliphatic rings. The van der Waals surface area contributed by atoms with E-state index >= 15 is 0 Å². The molecule has 0 spiro atoms. The fourth-order valence-electron chi connectivity index (χ4n) is 4.75. The number of carbonyl (C=O) groups is 1. The van der Waals surface area contributed by atoms with Gasteiger partial charge in [-0.05, 0) is 69.0 Å². The maximum Gasteiger partial charge on any atom is 0.264 e. The van der Waals surface area contributed by atoms with Crippen molar-refractivity contribution in [3.05, 3.63) is 90.0 Å². The summed E-state index contributed by atoms with van der Waals surface area (Å²) in [6.07, 6.45) is 2.40. The topological polar surface area (TPSA) is 57.7 Å². The highest BCUT2D eigenvalue weighted by molar-refractivity contribution is 7.92. The molecule has 0 aromatic heterocycles. The lowest BCUT2D eigenvalue weighted by molar-refractivity contribution is -0.120. The van der Waals surface area contributed by atoms with Crippen molar-refractivity contribution in [2.75, 3.05) is 9.21 Å². The minimum atomic E-state index is -3.85. The number of fused-ring (bicyclic) bond motifs is 1. The summed E-state index contributed by atoms with van der Waals surface area (Å²) >= 11 is 0. The van der Waals surface area contributed by atoms with Gasteiger partial charge in [0.25, 0.3) is 10.0 Å². The number of hydrogen-bond donors (Lipinski definition) is 0. The molecule has 1 fully saturated rings. The summed E-state index contributed by atoms with van der Waals surface area (Å²) in [5.41, 5.74) is 3.31. The average molecular weight is 461 g/mol. The zero-order valence-corrected chi connectivity index (χ0v) is 19.7. The summed E-state index contributed by atoms with van der Waals surface area (Å²) in [5, 5.41) is 0. The number of rotatable bonds is 5. The van der Waals surface area contributed by atoms with Crippen molar-refractivity contribution < 1.29 is 13.2 Å². The van der Waals surface area contributed by atoms with Gasteiger partial charge in [0.15, 0.2) is 0 Å². The van der Waals surface area contributed by atoms with E-state index in [0.29, 0.717) is 12.1 Å². The first-order valence-corrected chi connectivity index (χ1v) is 12.9.